The first kappa shape index (κ1) is 116. The van der Waals surface area contributed by atoms with Crippen LogP contribution in [-0.4, -0.2) is 266 Å². The maximum atomic E-state index is 16.1. The van der Waals surface area contributed by atoms with Crippen molar-refractivity contribution in [3.8, 4) is 52.1 Å². The molecule has 794 valence electrons. The summed E-state index contributed by atoms with van der Waals surface area (Å²) in [7, 11) is -5.37. The van der Waals surface area contributed by atoms with Crippen LogP contribution in [0.4, 0.5) is 9.59 Å². The van der Waals surface area contributed by atoms with E-state index in [1.165, 1.54) is 14.2 Å². The Morgan fingerprint density at radius 1 is 0.590 bits per heavy atom. The fourth-order valence-corrected chi connectivity index (χ4v) is 38.1. The van der Waals surface area contributed by atoms with Crippen LogP contribution in [0.3, 0.4) is 0 Å². The number of nitrogens with one attached hydrogen (secondary N) is 1. The standard InChI is InChI=1S/C108H158IN3O26SSi5/c1-26-112(106(116)124-67-79-77-57-50-48-55-75(77)76-56-49-51-58-78(76)79)81-68-123-85(65-83(81)117-21)131-97-94(136-142(33-8,34-9)35-10)90(71(18)128-103(97)130-82-59-47-42-43-52-61-107(138-144(39-14,40-15)41-16)69-108(125-63-64-126-108)100(110-105(115)121-25)88(82)80(107)60-62-122-101(113)74-53-45-44-46-54-74)111-133-86-66-84(134-140(27-2,28-3)29-4)99(73(20)127-86)139-102(114)87-70(17)89(109)93(96(120-24)92(87)118-22)132-104-98(137-143(36-11,37-12)38-13)95(119-23)91(72(19)129-104)135-141(30-5,31-6)32-7/h42-46,48-51,53-58,60,71-73,79,81-86,91,94-95,97-99,103-104H,26-41,62-69H2,1-25H3,(H,110,115)/b43-42-,80-60?,111-90+/t71-,72+,73-,81+,82+,83+,84+,85+,86+,91+,94+,95-,97-,98-,99-,103+,104+,107+/m1/s1. The molecule has 2 bridgehead atoms. The molecule has 0 radical (unpaired) electrons. The molecule has 18 atom stereocenters. The number of allylic oxidation sites excluding steroid dienone is 2. The van der Waals surface area contributed by atoms with Crippen molar-refractivity contribution in [2.45, 2.75) is 369 Å². The van der Waals surface area contributed by atoms with Crippen LogP contribution >= 0.6 is 34.4 Å². The van der Waals surface area contributed by atoms with Crippen molar-refractivity contribution in [3.05, 3.63) is 145 Å². The Kier molecular flexibility index (Phi) is 42.2. The van der Waals surface area contributed by atoms with Gasteiger partial charge in [-0.3, -0.25) is 10.1 Å². The Hall–Kier alpha value is -6.67. The summed E-state index contributed by atoms with van der Waals surface area (Å²) in [6, 6.07) is 36.2. The minimum atomic E-state index is -2.94. The third-order valence-corrected chi connectivity index (χ3v) is 57.7. The van der Waals surface area contributed by atoms with E-state index in [1.54, 1.807) is 68.7 Å². The lowest BCUT2D eigenvalue weighted by Gasteiger charge is -2.50. The van der Waals surface area contributed by atoms with Crippen molar-refractivity contribution in [1.82, 2.24) is 10.2 Å². The van der Waals surface area contributed by atoms with Gasteiger partial charge in [-0.1, -0.05) is 211 Å². The second kappa shape index (κ2) is 52.4. The number of ether oxygens (including phenoxy) is 16. The van der Waals surface area contributed by atoms with Gasteiger partial charge in [0, 0.05) is 50.7 Å². The molecule has 4 aromatic carbocycles. The first-order chi connectivity index (χ1) is 69.4. The number of hydrogen-bond acceptors (Lipinski definition) is 28. The second-order valence-electron chi connectivity index (χ2n) is 38.4. The fraction of sp³-hybridized carbons (Fsp3) is 0.639. The molecule has 2 amide bonds. The summed E-state index contributed by atoms with van der Waals surface area (Å²) in [5.74, 6) is 11.6. The highest BCUT2D eigenvalue weighted by atomic mass is 127. The molecule has 36 heteroatoms. The highest BCUT2D eigenvalue weighted by Gasteiger charge is 2.62. The molecule has 3 aliphatic carbocycles. The summed E-state index contributed by atoms with van der Waals surface area (Å²) < 4.78 is 148. The number of likely N-dealkylation sites (N-methyl/N-ethyl adjacent to an activating group) is 1. The van der Waals surface area contributed by atoms with Gasteiger partial charge in [0.25, 0.3) is 0 Å². The van der Waals surface area contributed by atoms with E-state index in [0.29, 0.717) is 62.3 Å². The summed E-state index contributed by atoms with van der Waals surface area (Å²) >= 11 is 3.37. The summed E-state index contributed by atoms with van der Waals surface area (Å²) in [5, 5.41) is 7.37. The van der Waals surface area contributed by atoms with Crippen LogP contribution in [0.2, 0.25) is 90.7 Å². The highest BCUT2D eigenvalue weighted by molar-refractivity contribution is 14.1. The second-order valence-corrected chi connectivity index (χ2v) is 64.3. The normalized spacial score (nSPS) is 27.3. The predicted molar refractivity (Wildman–Crippen MR) is 577 cm³/mol. The molecule has 1 spiro atoms. The van der Waals surface area contributed by atoms with Gasteiger partial charge in [0.1, 0.15) is 61.2 Å². The number of rotatable bonds is 47. The van der Waals surface area contributed by atoms with Crippen LogP contribution in [0.25, 0.3) is 11.1 Å². The smallest absolute Gasteiger partial charge is 0.411 e. The maximum absolute atomic E-state index is 16.1. The number of hydrogen-bond donors (Lipinski definition) is 1. The summed E-state index contributed by atoms with van der Waals surface area (Å²) in [4.78, 5) is 68.4. The first-order valence-corrected chi connectivity index (χ1v) is 67.0. The number of carbonyl (C=O) groups is 4. The number of amides is 2. The van der Waals surface area contributed by atoms with E-state index in [1.807, 2.05) is 65.0 Å². The molecular formula is C108H158IN3O26SSi5. The van der Waals surface area contributed by atoms with Crippen LogP contribution < -0.4 is 19.5 Å². The number of nitrogens with zero attached hydrogens (tertiary/aromatic N) is 2. The van der Waals surface area contributed by atoms with E-state index < -0.39 is 175 Å². The van der Waals surface area contributed by atoms with E-state index in [-0.39, 0.29) is 104 Å². The molecule has 8 aliphatic rings. The zero-order valence-electron chi connectivity index (χ0n) is 89.4. The molecule has 5 saturated heterocycles. The fourth-order valence-electron chi connectivity index (χ4n) is 21.9. The Morgan fingerprint density at radius 2 is 1.15 bits per heavy atom. The lowest BCUT2D eigenvalue weighted by molar-refractivity contribution is -0.300. The van der Waals surface area contributed by atoms with E-state index in [9.17, 15) is 14.4 Å². The van der Waals surface area contributed by atoms with Gasteiger partial charge in [0.2, 0.25) is 29.2 Å². The minimum absolute atomic E-state index is 0.0550. The number of methoxy groups -OCH3 is 5. The third-order valence-electron chi connectivity index (χ3n) is 31.8. The van der Waals surface area contributed by atoms with Crippen molar-refractivity contribution in [1.29, 1.82) is 0 Å². The van der Waals surface area contributed by atoms with Gasteiger partial charge in [-0.25, -0.2) is 14.4 Å². The van der Waals surface area contributed by atoms with Crippen LogP contribution in [0.15, 0.2) is 119 Å². The van der Waals surface area contributed by atoms with Gasteiger partial charge in [-0.2, -0.15) is 0 Å². The van der Waals surface area contributed by atoms with Gasteiger partial charge >= 0.3 is 18.2 Å². The van der Waals surface area contributed by atoms with Crippen molar-refractivity contribution in [2.75, 3.05) is 75.1 Å². The molecule has 1 N–H and O–H groups in total. The van der Waals surface area contributed by atoms with Crippen LogP contribution in [0.1, 0.15) is 194 Å². The van der Waals surface area contributed by atoms with E-state index in [4.69, 9.17) is 108 Å². The van der Waals surface area contributed by atoms with Crippen molar-refractivity contribution in [3.63, 3.8) is 0 Å². The Labute approximate surface area is 877 Å². The lowest BCUT2D eigenvalue weighted by Crippen LogP contribution is -2.65. The molecule has 5 aliphatic heterocycles. The minimum Gasteiger partial charge on any atom is -0.492 e. The number of alkyl carbamates (subject to hydrolysis) is 1. The van der Waals surface area contributed by atoms with Crippen molar-refractivity contribution in [2.24, 2.45) is 5.16 Å². The zero-order chi connectivity index (χ0) is 104. The number of oxime groups is 1. The molecule has 29 nitrogen and oxygen atoms in total. The van der Waals surface area contributed by atoms with Crippen LogP contribution in [0.5, 0.6) is 17.2 Å². The van der Waals surface area contributed by atoms with Crippen molar-refractivity contribution >= 4 is 105 Å². The molecular weight excluding hydrogens is 2050 g/mol. The molecule has 0 unspecified atom stereocenters. The number of benzene rings is 4. The molecule has 0 saturated carbocycles. The average Bonchev–Trinajstić information content (AvgIpc) is 1.24. The lowest BCUT2D eigenvalue weighted by atomic mass is 9.73. The monoisotopic (exact) mass is 2210 g/mol. The molecule has 0 aromatic heterocycles. The van der Waals surface area contributed by atoms with Gasteiger partial charge in [0.05, 0.1) is 110 Å². The maximum Gasteiger partial charge on any atom is 0.411 e. The molecule has 12 rings (SSSR count). The van der Waals surface area contributed by atoms with Crippen LogP contribution in [0, 0.1) is 34.2 Å². The van der Waals surface area contributed by atoms with Gasteiger partial charge in [0.15, 0.2) is 65.7 Å². The summed E-state index contributed by atoms with van der Waals surface area (Å²) in [6.45, 7) is 42.2. The molecule has 4 aromatic rings. The van der Waals surface area contributed by atoms with Crippen LogP contribution in [-0.2, 0) is 88.5 Å². The summed E-state index contributed by atoms with van der Waals surface area (Å²) in [5.41, 5.74) is 4.78. The van der Waals surface area contributed by atoms with Gasteiger partial charge < -0.3 is 108 Å². The largest absolute Gasteiger partial charge is 0.492 e. The third kappa shape index (κ3) is 25.0. The molecule has 5 heterocycles. The molecule has 5 fully saturated rings. The van der Waals surface area contributed by atoms with E-state index in [2.05, 4.69) is 180 Å². The van der Waals surface area contributed by atoms with E-state index >= 15 is 4.79 Å². The first-order valence-electron chi connectivity index (χ1n) is 52.4. The summed E-state index contributed by atoms with van der Waals surface area (Å²) in [6.07, 6.45) is -10.5. The number of thioether (sulfide) groups is 1. The van der Waals surface area contributed by atoms with Gasteiger partial charge in [-0.15, -0.1) is 0 Å². The Morgan fingerprint density at radius 3 is 1.72 bits per heavy atom. The Bertz CT molecular complexity index is 5150. The zero-order valence-corrected chi connectivity index (χ0v) is 97.4. The number of carbonyl (C=O) groups excluding carboxylic acids is 4. The number of halogens is 1. The average molecular weight is 2210 g/mol. The predicted octanol–water partition coefficient (Wildman–Crippen LogP) is 21.9. The topological polar surface area (TPSA) is 299 Å². The van der Waals surface area contributed by atoms with E-state index in [0.717, 1.165) is 88.4 Å². The van der Waals surface area contributed by atoms with Crippen molar-refractivity contribution < 1.29 is 122 Å². The Balaban J connectivity index is 0.946. The quantitative estimate of drug-likeness (QED) is 0.0107. The number of fused-ring (bicyclic) bond motifs is 5. The highest BCUT2D eigenvalue weighted by Crippen LogP contribution is 2.55. The molecule has 144 heavy (non-hydrogen) atoms. The van der Waals surface area contributed by atoms with Gasteiger partial charge in [-0.05, 0) is 206 Å². The SMILES string of the molecule is CCN(C(=O)OCC1c2ccccc2-c2ccccc21)[C@H]1CO[C@@H](O[C@H]2[C@H](O[C@H]3C#C/C=C\C#C[C@]4(O[Si](CC)(CC)CC)CC5(OCCO5)C(NC(=O)OC)=C3C4=CCOC(=O)c3ccccc3)O[C@H](C)/C(=N\O[C@H]3C[C@H](O[Si](CC)(CC)CC)[C@H](SC(=O)c4c(C)c(I)c(O[C@@H]5O[C@@H](C)[C@H](O[Si](CC)(CC)CC)[C@@H](OC)[C@H]5O[Si](CC)(CC)CC)c(OC)c4OC)[C@@H](C)O3)[C@@H]2O[Si](CC)(CC)CC)C[C@@H]1OC. The number of esters is 1.